The van der Waals surface area contributed by atoms with Gasteiger partial charge in [0.25, 0.3) is 0 Å². The van der Waals surface area contributed by atoms with Crippen molar-refractivity contribution >= 4 is 10.8 Å². The molecule has 0 aromatic heterocycles. The summed E-state index contributed by atoms with van der Waals surface area (Å²) in [7, 11) is 0. The predicted octanol–water partition coefficient (Wildman–Crippen LogP) is 2.34. The standard InChI is InChI=1S/C13H10N2O/c14-8-12-9-15(12)16-13-6-5-10-3-1-2-4-11(10)7-13/h1-7,12H,9H2. The Morgan fingerprint density at radius 2 is 2.00 bits per heavy atom. The molecule has 3 rings (SSSR count). The molecule has 78 valence electrons. The summed E-state index contributed by atoms with van der Waals surface area (Å²) >= 11 is 0. The summed E-state index contributed by atoms with van der Waals surface area (Å²) in [5.41, 5.74) is 0. The van der Waals surface area contributed by atoms with Gasteiger partial charge in [0.2, 0.25) is 0 Å². The second kappa shape index (κ2) is 3.51. The van der Waals surface area contributed by atoms with Gasteiger partial charge in [-0.2, -0.15) is 5.26 Å². The van der Waals surface area contributed by atoms with Crippen molar-refractivity contribution in [2.75, 3.05) is 6.54 Å². The van der Waals surface area contributed by atoms with E-state index in [1.165, 1.54) is 5.39 Å². The Kier molecular flexibility index (Phi) is 2.02. The second-order valence-corrected chi connectivity index (χ2v) is 3.84. The molecule has 3 heteroatoms. The van der Waals surface area contributed by atoms with Crippen LogP contribution in [0, 0.1) is 11.3 Å². The molecule has 2 atom stereocenters. The maximum atomic E-state index is 8.65. The first-order valence-corrected chi connectivity index (χ1v) is 5.20. The molecule has 16 heavy (non-hydrogen) atoms. The highest BCUT2D eigenvalue weighted by Crippen LogP contribution is 2.25. The summed E-state index contributed by atoms with van der Waals surface area (Å²) in [6, 6.07) is 16.1. The number of hydrogen-bond donors (Lipinski definition) is 0. The quantitative estimate of drug-likeness (QED) is 0.714. The highest BCUT2D eigenvalue weighted by atomic mass is 16.7. The molecule has 1 fully saturated rings. The average molecular weight is 210 g/mol. The van der Waals surface area contributed by atoms with Gasteiger partial charge in [0.15, 0.2) is 0 Å². The Morgan fingerprint density at radius 1 is 1.19 bits per heavy atom. The van der Waals surface area contributed by atoms with Gasteiger partial charge in [0.1, 0.15) is 11.8 Å². The predicted molar refractivity (Wildman–Crippen MR) is 60.7 cm³/mol. The molecule has 0 N–H and O–H groups in total. The van der Waals surface area contributed by atoms with E-state index in [2.05, 4.69) is 12.1 Å². The van der Waals surface area contributed by atoms with E-state index in [9.17, 15) is 0 Å². The van der Waals surface area contributed by atoms with E-state index in [4.69, 9.17) is 10.1 Å². The van der Waals surface area contributed by atoms with E-state index in [1.54, 1.807) is 5.06 Å². The molecule has 0 bridgehead atoms. The fraction of sp³-hybridized carbons (Fsp3) is 0.154. The minimum absolute atomic E-state index is 0.0773. The first-order chi connectivity index (χ1) is 7.86. The van der Waals surface area contributed by atoms with E-state index in [1.807, 2.05) is 36.4 Å². The summed E-state index contributed by atoms with van der Waals surface area (Å²) in [6.07, 6.45) is 0. The first kappa shape index (κ1) is 9.20. The van der Waals surface area contributed by atoms with Crippen LogP contribution < -0.4 is 4.84 Å². The van der Waals surface area contributed by atoms with Crippen LogP contribution in [0.15, 0.2) is 42.5 Å². The highest BCUT2D eigenvalue weighted by molar-refractivity contribution is 5.83. The molecule has 0 radical (unpaired) electrons. The second-order valence-electron chi connectivity index (χ2n) is 3.84. The van der Waals surface area contributed by atoms with E-state index in [0.29, 0.717) is 6.54 Å². The van der Waals surface area contributed by atoms with E-state index in [0.717, 1.165) is 11.1 Å². The van der Waals surface area contributed by atoms with Crippen molar-refractivity contribution in [3.8, 4) is 11.8 Å². The van der Waals surface area contributed by atoms with Gasteiger partial charge in [0.05, 0.1) is 12.6 Å². The van der Waals surface area contributed by atoms with Gasteiger partial charge < -0.3 is 4.84 Å². The molecule has 0 saturated carbocycles. The SMILES string of the molecule is N#CC1CN1Oc1ccc2ccccc2c1. The highest BCUT2D eigenvalue weighted by Gasteiger charge is 2.36. The normalized spacial score (nSPS) is 22.7. The summed E-state index contributed by atoms with van der Waals surface area (Å²) in [5, 5.41) is 12.7. The van der Waals surface area contributed by atoms with Crippen molar-refractivity contribution in [1.29, 1.82) is 5.26 Å². The van der Waals surface area contributed by atoms with Crippen molar-refractivity contribution in [3.63, 3.8) is 0 Å². The van der Waals surface area contributed by atoms with Crippen LogP contribution in [0.3, 0.4) is 0 Å². The lowest BCUT2D eigenvalue weighted by Gasteiger charge is -2.05. The van der Waals surface area contributed by atoms with Gasteiger partial charge in [-0.3, -0.25) is 0 Å². The number of nitriles is 1. The topological polar surface area (TPSA) is 36.0 Å². The zero-order valence-electron chi connectivity index (χ0n) is 8.63. The van der Waals surface area contributed by atoms with Crippen molar-refractivity contribution in [3.05, 3.63) is 42.5 Å². The third kappa shape index (κ3) is 1.60. The molecule has 1 aliphatic rings. The smallest absolute Gasteiger partial charge is 0.148 e. The fourth-order valence-electron chi connectivity index (χ4n) is 1.69. The number of benzene rings is 2. The van der Waals surface area contributed by atoms with E-state index < -0.39 is 0 Å². The molecule has 0 spiro atoms. The third-order valence-corrected chi connectivity index (χ3v) is 2.66. The Morgan fingerprint density at radius 3 is 2.75 bits per heavy atom. The lowest BCUT2D eigenvalue weighted by molar-refractivity contribution is 0.0605. The van der Waals surface area contributed by atoms with Crippen LogP contribution >= 0.6 is 0 Å². The van der Waals surface area contributed by atoms with Crippen molar-refractivity contribution in [2.45, 2.75) is 6.04 Å². The van der Waals surface area contributed by atoms with E-state index >= 15 is 0 Å². The van der Waals surface area contributed by atoms with Gasteiger partial charge >= 0.3 is 0 Å². The van der Waals surface area contributed by atoms with Gasteiger partial charge in [-0.25, -0.2) is 0 Å². The maximum Gasteiger partial charge on any atom is 0.148 e. The molecule has 0 amide bonds. The molecule has 3 nitrogen and oxygen atoms in total. The number of nitrogens with zero attached hydrogens (tertiary/aromatic N) is 2. The van der Waals surface area contributed by atoms with Crippen molar-refractivity contribution in [2.24, 2.45) is 0 Å². The molecule has 1 saturated heterocycles. The summed E-state index contributed by atoms with van der Waals surface area (Å²) in [5.74, 6) is 0.788. The van der Waals surface area contributed by atoms with Crippen LogP contribution in [0.25, 0.3) is 10.8 Å². The van der Waals surface area contributed by atoms with Crippen LogP contribution in [0.1, 0.15) is 0 Å². The molecular weight excluding hydrogens is 200 g/mol. The molecule has 2 aromatic carbocycles. The van der Waals surface area contributed by atoms with Crippen molar-refractivity contribution < 1.29 is 4.84 Å². The minimum Gasteiger partial charge on any atom is -0.405 e. The Balaban J connectivity index is 1.86. The molecule has 2 unspecified atom stereocenters. The van der Waals surface area contributed by atoms with Gasteiger partial charge in [0, 0.05) is 0 Å². The summed E-state index contributed by atoms with van der Waals surface area (Å²) in [6.45, 7) is 0.698. The fourth-order valence-corrected chi connectivity index (χ4v) is 1.69. The number of hydroxylamine groups is 2. The molecule has 0 aliphatic carbocycles. The van der Waals surface area contributed by atoms with Crippen LogP contribution in [0.4, 0.5) is 0 Å². The maximum absolute atomic E-state index is 8.65. The monoisotopic (exact) mass is 210 g/mol. The van der Waals surface area contributed by atoms with E-state index in [-0.39, 0.29) is 6.04 Å². The Labute approximate surface area is 93.4 Å². The average Bonchev–Trinajstić information content (AvgIpc) is 3.07. The van der Waals surface area contributed by atoms with Gasteiger partial charge in [-0.1, -0.05) is 30.3 Å². The Hall–Kier alpha value is -2.05. The van der Waals surface area contributed by atoms with Crippen LogP contribution in [0.2, 0.25) is 0 Å². The Bertz CT molecular complexity index is 573. The largest absolute Gasteiger partial charge is 0.405 e. The third-order valence-electron chi connectivity index (χ3n) is 2.66. The number of hydrogen-bond acceptors (Lipinski definition) is 3. The molecule has 1 heterocycles. The molecular formula is C13H10N2O. The number of rotatable bonds is 2. The lowest BCUT2D eigenvalue weighted by Crippen LogP contribution is -2.05. The lowest BCUT2D eigenvalue weighted by atomic mass is 10.1. The number of fused-ring (bicyclic) bond motifs is 1. The van der Waals surface area contributed by atoms with Gasteiger partial charge in [-0.15, -0.1) is 5.06 Å². The van der Waals surface area contributed by atoms with Crippen LogP contribution in [0.5, 0.6) is 5.75 Å². The zero-order chi connectivity index (χ0) is 11.0. The first-order valence-electron chi connectivity index (χ1n) is 5.20. The molecule has 2 aromatic rings. The van der Waals surface area contributed by atoms with Crippen molar-refractivity contribution in [1.82, 2.24) is 5.06 Å². The minimum atomic E-state index is -0.0773. The van der Waals surface area contributed by atoms with Gasteiger partial charge in [-0.05, 0) is 22.9 Å². The van der Waals surface area contributed by atoms with Crippen LogP contribution in [-0.4, -0.2) is 17.6 Å². The van der Waals surface area contributed by atoms with Crippen LogP contribution in [-0.2, 0) is 0 Å². The summed E-state index contributed by atoms with van der Waals surface area (Å²) < 4.78 is 0. The zero-order valence-corrected chi connectivity index (χ0v) is 8.63. The molecule has 1 aliphatic heterocycles. The summed E-state index contributed by atoms with van der Waals surface area (Å²) in [4.78, 5) is 5.55.